The van der Waals surface area contributed by atoms with Crippen LogP contribution in [-0.4, -0.2) is 38.7 Å². The van der Waals surface area contributed by atoms with Gasteiger partial charge in [0.25, 0.3) is 10.0 Å². The molecule has 4 rings (SSSR count). The zero-order valence-corrected chi connectivity index (χ0v) is 16.5. The van der Waals surface area contributed by atoms with Gasteiger partial charge in [0.15, 0.2) is 0 Å². The largest absolute Gasteiger partial charge is 0.362 e. The third-order valence-corrected chi connectivity index (χ3v) is 7.65. The van der Waals surface area contributed by atoms with E-state index in [0.717, 1.165) is 24.8 Å². The second kappa shape index (κ2) is 7.26. The van der Waals surface area contributed by atoms with Crippen LogP contribution in [0.1, 0.15) is 44.9 Å². The Bertz CT molecular complexity index is 848. The lowest BCUT2D eigenvalue weighted by Crippen LogP contribution is -2.20. The third-order valence-electron chi connectivity index (χ3n) is 6.33. The number of carbonyl (C=O) groups excluding carboxylic acids is 1. The highest BCUT2D eigenvalue weighted by molar-refractivity contribution is 7.90. The van der Waals surface area contributed by atoms with Crippen LogP contribution in [0.25, 0.3) is 0 Å². The minimum absolute atomic E-state index is 0.0241. The monoisotopic (exact) mass is 389 g/mol. The molecule has 1 aliphatic heterocycles. The first-order valence-corrected chi connectivity index (χ1v) is 11.3. The zero-order chi connectivity index (χ0) is 19.0. The quantitative estimate of drug-likeness (QED) is 0.838. The molecule has 1 N–H and O–H groups in total. The molecule has 0 radical (unpaired) electrons. The highest BCUT2D eigenvalue weighted by atomic mass is 32.2. The summed E-state index contributed by atoms with van der Waals surface area (Å²) in [6, 6.07) is 6.32. The summed E-state index contributed by atoms with van der Waals surface area (Å²) in [6.45, 7) is 0.835. The minimum atomic E-state index is -3.71. The molecule has 2 bridgehead atoms. The van der Waals surface area contributed by atoms with Gasteiger partial charge in [-0.1, -0.05) is 6.42 Å². The van der Waals surface area contributed by atoms with Crippen LogP contribution in [0.5, 0.6) is 0 Å². The molecule has 1 heterocycles. The maximum atomic E-state index is 12.5. The number of nitrogens with one attached hydrogen (secondary N) is 1. The molecule has 7 heteroatoms. The Morgan fingerprint density at radius 1 is 1.22 bits per heavy atom. The van der Waals surface area contributed by atoms with Gasteiger partial charge in [0.05, 0.1) is 4.90 Å². The number of sulfonamides is 1. The highest BCUT2D eigenvalue weighted by Crippen LogP contribution is 2.49. The fourth-order valence-electron chi connectivity index (χ4n) is 4.89. The van der Waals surface area contributed by atoms with Crippen LogP contribution in [0, 0.1) is 17.8 Å². The average Bonchev–Trinajstić information content (AvgIpc) is 3.33. The molecule has 3 atom stereocenters. The minimum Gasteiger partial charge on any atom is -0.362 e. The van der Waals surface area contributed by atoms with Crippen molar-refractivity contribution in [2.45, 2.75) is 49.8 Å². The Morgan fingerprint density at radius 2 is 2.00 bits per heavy atom. The second-order valence-corrected chi connectivity index (χ2v) is 9.82. The number of rotatable bonds is 5. The summed E-state index contributed by atoms with van der Waals surface area (Å²) in [4.78, 5) is 14.4. The van der Waals surface area contributed by atoms with Gasteiger partial charge in [-0.25, -0.2) is 0 Å². The number of amides is 1. The molecule has 2 saturated carbocycles. The summed E-state index contributed by atoms with van der Waals surface area (Å²) in [6.07, 6.45) is 7.27. The predicted octanol–water partition coefficient (Wildman–Crippen LogP) is 3.26. The fraction of sp³-hybridized carbons (Fsp3) is 0.600. The SMILES string of the molecule is CN1CCCC1=NS(=O)(=O)c1ccc(NC(=O)C[C@@H]2C[C@@H]3CC[C@@H]2C3)cc1. The Hall–Kier alpha value is -1.89. The summed E-state index contributed by atoms with van der Waals surface area (Å²) in [5, 5.41) is 2.91. The second-order valence-electron chi connectivity index (χ2n) is 8.22. The molecule has 0 spiro atoms. The molecule has 1 amide bonds. The van der Waals surface area contributed by atoms with Crippen molar-refractivity contribution >= 4 is 27.5 Å². The van der Waals surface area contributed by atoms with E-state index in [0.29, 0.717) is 30.3 Å². The van der Waals surface area contributed by atoms with Crippen LogP contribution in [0.2, 0.25) is 0 Å². The van der Waals surface area contributed by atoms with Gasteiger partial charge in [-0.2, -0.15) is 8.42 Å². The highest BCUT2D eigenvalue weighted by Gasteiger charge is 2.40. The predicted molar refractivity (Wildman–Crippen MR) is 105 cm³/mol. The van der Waals surface area contributed by atoms with E-state index in [1.807, 2.05) is 11.9 Å². The Balaban J connectivity index is 1.38. The summed E-state index contributed by atoms with van der Waals surface area (Å²) < 4.78 is 28.9. The Kier molecular flexibility index (Phi) is 4.97. The maximum absolute atomic E-state index is 12.5. The number of fused-ring (bicyclic) bond motifs is 2. The van der Waals surface area contributed by atoms with E-state index < -0.39 is 10.0 Å². The number of amidine groups is 1. The van der Waals surface area contributed by atoms with Crippen LogP contribution >= 0.6 is 0 Å². The molecule has 3 aliphatic rings. The van der Waals surface area contributed by atoms with Crippen LogP contribution in [0.15, 0.2) is 33.6 Å². The van der Waals surface area contributed by atoms with Crippen molar-refractivity contribution in [3.8, 4) is 0 Å². The molecule has 3 fully saturated rings. The molecule has 1 saturated heterocycles. The van der Waals surface area contributed by atoms with E-state index in [2.05, 4.69) is 9.71 Å². The van der Waals surface area contributed by atoms with Crippen molar-refractivity contribution < 1.29 is 13.2 Å². The van der Waals surface area contributed by atoms with Crippen LogP contribution in [0.4, 0.5) is 5.69 Å². The molecule has 1 aromatic rings. The van der Waals surface area contributed by atoms with Crippen LogP contribution < -0.4 is 5.32 Å². The first-order chi connectivity index (χ1) is 12.9. The fourth-order valence-corrected chi connectivity index (χ4v) is 5.98. The molecule has 27 heavy (non-hydrogen) atoms. The summed E-state index contributed by atoms with van der Waals surface area (Å²) in [5.74, 6) is 2.70. The van der Waals surface area contributed by atoms with Gasteiger partial charge >= 0.3 is 0 Å². The number of carbonyl (C=O) groups is 1. The van der Waals surface area contributed by atoms with Crippen molar-refractivity contribution in [3.63, 3.8) is 0 Å². The van der Waals surface area contributed by atoms with Crippen molar-refractivity contribution in [1.29, 1.82) is 0 Å². The third kappa shape index (κ3) is 4.03. The van der Waals surface area contributed by atoms with Gasteiger partial charge in [0.2, 0.25) is 5.91 Å². The van der Waals surface area contributed by atoms with Crippen LogP contribution in [0.3, 0.4) is 0 Å². The van der Waals surface area contributed by atoms with E-state index >= 15 is 0 Å². The number of hydrogen-bond acceptors (Lipinski definition) is 3. The number of nitrogens with zero attached hydrogens (tertiary/aromatic N) is 2. The summed E-state index contributed by atoms with van der Waals surface area (Å²) >= 11 is 0. The summed E-state index contributed by atoms with van der Waals surface area (Å²) in [5.41, 5.74) is 0.632. The number of anilines is 1. The van der Waals surface area contributed by atoms with Crippen molar-refractivity contribution in [2.24, 2.45) is 22.2 Å². The Labute approximate surface area is 161 Å². The molecular weight excluding hydrogens is 362 g/mol. The molecule has 2 aliphatic carbocycles. The molecule has 146 valence electrons. The average molecular weight is 390 g/mol. The summed E-state index contributed by atoms with van der Waals surface area (Å²) in [7, 11) is -1.86. The van der Waals surface area contributed by atoms with Gasteiger partial charge in [-0.05, 0) is 67.7 Å². The van der Waals surface area contributed by atoms with E-state index in [9.17, 15) is 13.2 Å². The topological polar surface area (TPSA) is 78.8 Å². The van der Waals surface area contributed by atoms with E-state index in [-0.39, 0.29) is 10.8 Å². The molecule has 6 nitrogen and oxygen atoms in total. The van der Waals surface area contributed by atoms with E-state index in [1.165, 1.54) is 37.8 Å². The van der Waals surface area contributed by atoms with Gasteiger partial charge in [0.1, 0.15) is 5.84 Å². The lowest BCUT2D eigenvalue weighted by molar-refractivity contribution is -0.117. The van der Waals surface area contributed by atoms with Gasteiger partial charge < -0.3 is 10.2 Å². The standard InChI is InChI=1S/C20H27N3O3S/c1-23-10-2-3-19(23)22-27(25,26)18-8-6-17(7-9-18)21-20(24)13-16-12-14-4-5-15(16)11-14/h6-9,14-16H,2-5,10-13H2,1H3,(H,21,24)/t14-,15-,16+/m1/s1. The van der Waals surface area contributed by atoms with E-state index in [4.69, 9.17) is 0 Å². The number of benzene rings is 1. The van der Waals surface area contributed by atoms with E-state index in [1.54, 1.807) is 12.1 Å². The smallest absolute Gasteiger partial charge is 0.283 e. The normalized spacial score (nSPS) is 28.9. The molecule has 1 aromatic carbocycles. The molecule has 0 unspecified atom stereocenters. The van der Waals surface area contributed by atoms with Crippen molar-refractivity contribution in [3.05, 3.63) is 24.3 Å². The Morgan fingerprint density at radius 3 is 2.59 bits per heavy atom. The lowest BCUT2D eigenvalue weighted by Gasteiger charge is -2.20. The molecule has 0 aromatic heterocycles. The number of likely N-dealkylation sites (tertiary alicyclic amines) is 1. The van der Waals surface area contributed by atoms with Crippen molar-refractivity contribution in [1.82, 2.24) is 4.90 Å². The van der Waals surface area contributed by atoms with Crippen LogP contribution in [-0.2, 0) is 14.8 Å². The first kappa shape index (κ1) is 18.5. The maximum Gasteiger partial charge on any atom is 0.283 e. The van der Waals surface area contributed by atoms with Gasteiger partial charge in [-0.3, -0.25) is 4.79 Å². The zero-order valence-electron chi connectivity index (χ0n) is 15.7. The first-order valence-electron chi connectivity index (χ1n) is 9.85. The molecular formula is C20H27N3O3S. The van der Waals surface area contributed by atoms with Gasteiger partial charge in [0, 0.05) is 32.1 Å². The van der Waals surface area contributed by atoms with Gasteiger partial charge in [-0.15, -0.1) is 4.40 Å². The van der Waals surface area contributed by atoms with Crippen molar-refractivity contribution in [2.75, 3.05) is 18.9 Å². The number of hydrogen-bond donors (Lipinski definition) is 1. The lowest BCUT2D eigenvalue weighted by atomic mass is 9.86.